The van der Waals surface area contributed by atoms with Crippen molar-refractivity contribution in [3.05, 3.63) is 41.5 Å². The summed E-state index contributed by atoms with van der Waals surface area (Å²) in [5.41, 5.74) is 0.534. The van der Waals surface area contributed by atoms with Gasteiger partial charge in [0.25, 0.3) is 0 Å². The molecule has 144 valence electrons. The Morgan fingerprint density at radius 2 is 1.69 bits per heavy atom. The molecule has 1 fully saturated rings. The van der Waals surface area contributed by atoms with Crippen LogP contribution >= 0.6 is 0 Å². The van der Waals surface area contributed by atoms with Crippen molar-refractivity contribution in [2.45, 2.75) is 71.1 Å². The van der Waals surface area contributed by atoms with Crippen LogP contribution < -0.4 is 4.74 Å². The minimum Gasteiger partial charge on any atom is -0.491 e. The van der Waals surface area contributed by atoms with Crippen molar-refractivity contribution in [3.63, 3.8) is 0 Å². The van der Waals surface area contributed by atoms with Crippen LogP contribution in [0.3, 0.4) is 0 Å². The van der Waals surface area contributed by atoms with Gasteiger partial charge in [-0.05, 0) is 87.2 Å². The maximum absolute atomic E-state index is 14.5. The van der Waals surface area contributed by atoms with E-state index in [4.69, 9.17) is 4.74 Å². The first-order valence-electron chi connectivity index (χ1n) is 10.4. The van der Waals surface area contributed by atoms with Gasteiger partial charge < -0.3 is 4.74 Å². The lowest BCUT2D eigenvalue weighted by atomic mass is 9.70. The number of halogens is 2. The number of ether oxygens (including phenoxy) is 1. The fraction of sp³-hybridized carbons (Fsp3) is 0.652. The second-order valence-electron chi connectivity index (χ2n) is 8.00. The molecule has 0 aromatic heterocycles. The monoisotopic (exact) mass is 362 g/mol. The molecule has 0 aliphatic heterocycles. The van der Waals surface area contributed by atoms with Crippen molar-refractivity contribution in [1.82, 2.24) is 0 Å². The molecule has 1 saturated carbocycles. The third-order valence-electron chi connectivity index (χ3n) is 6.35. The zero-order chi connectivity index (χ0) is 18.5. The Bertz CT molecular complexity index is 617. The van der Waals surface area contributed by atoms with Crippen molar-refractivity contribution in [3.8, 4) is 5.75 Å². The van der Waals surface area contributed by atoms with Gasteiger partial charge in [-0.15, -0.1) is 0 Å². The van der Waals surface area contributed by atoms with Crippen LogP contribution in [-0.2, 0) is 0 Å². The molecule has 2 aliphatic carbocycles. The SMILES string of the molecule is CCC[C@H]1C=C[C@H](C2CCC(c3ccc(OCC)c(F)c3F)CC2)CC1. The molecule has 3 heteroatoms. The molecule has 1 aromatic rings. The molecular formula is C23H32F2O. The fourth-order valence-corrected chi connectivity index (χ4v) is 4.89. The van der Waals surface area contributed by atoms with E-state index in [1.807, 2.05) is 0 Å². The van der Waals surface area contributed by atoms with E-state index in [1.165, 1.54) is 25.7 Å². The second kappa shape index (κ2) is 9.01. The smallest absolute Gasteiger partial charge is 0.200 e. The summed E-state index contributed by atoms with van der Waals surface area (Å²) in [7, 11) is 0. The van der Waals surface area contributed by atoms with Crippen LogP contribution in [0, 0.1) is 29.4 Å². The van der Waals surface area contributed by atoms with E-state index < -0.39 is 11.6 Å². The van der Waals surface area contributed by atoms with Gasteiger partial charge in [0.15, 0.2) is 11.6 Å². The molecule has 0 bridgehead atoms. The number of hydrogen-bond acceptors (Lipinski definition) is 1. The topological polar surface area (TPSA) is 9.23 Å². The van der Waals surface area contributed by atoms with E-state index in [9.17, 15) is 8.78 Å². The van der Waals surface area contributed by atoms with E-state index in [1.54, 1.807) is 19.1 Å². The van der Waals surface area contributed by atoms with E-state index in [0.717, 1.165) is 31.6 Å². The molecule has 0 spiro atoms. The molecule has 2 aliphatic rings. The molecule has 2 atom stereocenters. The largest absolute Gasteiger partial charge is 0.491 e. The normalized spacial score (nSPS) is 28.9. The van der Waals surface area contributed by atoms with Crippen molar-refractivity contribution >= 4 is 0 Å². The van der Waals surface area contributed by atoms with Crippen LogP contribution in [0.25, 0.3) is 0 Å². The maximum atomic E-state index is 14.5. The highest BCUT2D eigenvalue weighted by Crippen LogP contribution is 2.43. The van der Waals surface area contributed by atoms with Gasteiger partial charge in [-0.25, -0.2) is 4.39 Å². The molecule has 0 radical (unpaired) electrons. The summed E-state index contributed by atoms with van der Waals surface area (Å²) in [4.78, 5) is 0. The molecule has 1 aromatic carbocycles. The van der Waals surface area contributed by atoms with Gasteiger partial charge in [0, 0.05) is 0 Å². The van der Waals surface area contributed by atoms with Gasteiger partial charge in [-0.2, -0.15) is 4.39 Å². The first-order valence-corrected chi connectivity index (χ1v) is 10.4. The van der Waals surface area contributed by atoms with Gasteiger partial charge >= 0.3 is 0 Å². The van der Waals surface area contributed by atoms with Gasteiger partial charge in [0.2, 0.25) is 5.82 Å². The lowest BCUT2D eigenvalue weighted by Crippen LogP contribution is -2.23. The van der Waals surface area contributed by atoms with Crippen LogP contribution in [0.1, 0.15) is 76.7 Å². The summed E-state index contributed by atoms with van der Waals surface area (Å²) in [6, 6.07) is 3.31. The third kappa shape index (κ3) is 4.29. The van der Waals surface area contributed by atoms with E-state index >= 15 is 0 Å². The highest BCUT2D eigenvalue weighted by molar-refractivity contribution is 5.33. The highest BCUT2D eigenvalue weighted by atomic mass is 19.2. The third-order valence-corrected chi connectivity index (χ3v) is 6.35. The van der Waals surface area contributed by atoms with Crippen LogP contribution in [0.2, 0.25) is 0 Å². The van der Waals surface area contributed by atoms with Gasteiger partial charge in [0.1, 0.15) is 0 Å². The van der Waals surface area contributed by atoms with Crippen LogP contribution in [-0.4, -0.2) is 6.61 Å². The first-order chi connectivity index (χ1) is 12.6. The molecule has 0 N–H and O–H groups in total. The standard InChI is InChI=1S/C23H32F2O/c1-3-5-16-6-8-17(9-7-16)18-10-12-19(13-11-18)20-14-15-21(26-4-2)23(25)22(20)24/h6,8,14-19H,3-5,7,9-13H2,1-2H3/t16-,17-,18?,19?/m0/s1. The number of benzene rings is 1. The van der Waals surface area contributed by atoms with Gasteiger partial charge in [-0.3, -0.25) is 0 Å². The number of hydrogen-bond donors (Lipinski definition) is 0. The zero-order valence-corrected chi connectivity index (χ0v) is 16.1. The Balaban J connectivity index is 1.59. The Morgan fingerprint density at radius 1 is 0.923 bits per heavy atom. The highest BCUT2D eigenvalue weighted by Gasteiger charge is 2.30. The van der Waals surface area contributed by atoms with Crippen molar-refractivity contribution in [2.75, 3.05) is 6.61 Å². The maximum Gasteiger partial charge on any atom is 0.200 e. The minimum absolute atomic E-state index is 0.0245. The predicted molar refractivity (Wildman–Crippen MR) is 102 cm³/mol. The average molecular weight is 363 g/mol. The Hall–Kier alpha value is -1.38. The fourth-order valence-electron chi connectivity index (χ4n) is 4.89. The lowest BCUT2D eigenvalue weighted by molar-refractivity contribution is 0.236. The van der Waals surface area contributed by atoms with Crippen molar-refractivity contribution in [2.24, 2.45) is 17.8 Å². The van der Waals surface area contributed by atoms with E-state index in [-0.39, 0.29) is 11.7 Å². The molecule has 0 unspecified atom stereocenters. The Labute approximate surface area is 156 Å². The molecule has 0 amide bonds. The molecule has 3 rings (SSSR count). The summed E-state index contributed by atoms with van der Waals surface area (Å²) >= 11 is 0. The lowest BCUT2D eigenvalue weighted by Gasteiger charge is -2.35. The molecule has 0 saturated heterocycles. The van der Waals surface area contributed by atoms with Crippen LogP contribution in [0.5, 0.6) is 5.75 Å². The molecule has 0 heterocycles. The zero-order valence-electron chi connectivity index (χ0n) is 16.1. The Morgan fingerprint density at radius 3 is 2.31 bits per heavy atom. The number of rotatable bonds is 6. The summed E-state index contributed by atoms with van der Waals surface area (Å²) in [5.74, 6) is 0.788. The van der Waals surface area contributed by atoms with Crippen molar-refractivity contribution in [1.29, 1.82) is 0 Å². The van der Waals surface area contributed by atoms with Crippen LogP contribution in [0.4, 0.5) is 8.78 Å². The molecular weight excluding hydrogens is 330 g/mol. The van der Waals surface area contributed by atoms with Gasteiger partial charge in [-0.1, -0.05) is 31.6 Å². The van der Waals surface area contributed by atoms with E-state index in [0.29, 0.717) is 24.0 Å². The summed E-state index contributed by atoms with van der Waals surface area (Å²) < 4.78 is 33.8. The first kappa shape index (κ1) is 19.4. The summed E-state index contributed by atoms with van der Waals surface area (Å²) in [5, 5.41) is 0. The quantitative estimate of drug-likeness (QED) is 0.494. The summed E-state index contributed by atoms with van der Waals surface area (Å²) in [6.07, 6.45) is 14.2. The van der Waals surface area contributed by atoms with Crippen molar-refractivity contribution < 1.29 is 13.5 Å². The predicted octanol–water partition coefficient (Wildman–Crippen LogP) is 7.02. The second-order valence-corrected chi connectivity index (χ2v) is 8.00. The minimum atomic E-state index is -0.830. The van der Waals surface area contributed by atoms with Crippen LogP contribution in [0.15, 0.2) is 24.3 Å². The Kier molecular flexibility index (Phi) is 6.72. The average Bonchev–Trinajstić information content (AvgIpc) is 2.67. The van der Waals surface area contributed by atoms with Gasteiger partial charge in [0.05, 0.1) is 6.61 Å². The number of allylic oxidation sites excluding steroid dienone is 2. The molecule has 1 nitrogen and oxygen atoms in total. The molecule has 26 heavy (non-hydrogen) atoms. The summed E-state index contributed by atoms with van der Waals surface area (Å²) in [6.45, 7) is 4.37. The van der Waals surface area contributed by atoms with E-state index in [2.05, 4.69) is 19.1 Å².